The quantitative estimate of drug-likeness (QED) is 0.554. The summed E-state index contributed by atoms with van der Waals surface area (Å²) in [7, 11) is 0. The average Bonchev–Trinajstić information content (AvgIpc) is 2.71. The van der Waals surface area contributed by atoms with Crippen molar-refractivity contribution in [3.8, 4) is 0 Å². The molecule has 0 saturated heterocycles. The molecule has 0 aliphatic rings. The predicted octanol–water partition coefficient (Wildman–Crippen LogP) is 5.29. The van der Waals surface area contributed by atoms with Gasteiger partial charge in [-0.3, -0.25) is 4.98 Å². The largest absolute Gasteiger partial charge is 0.462 e. The Hall–Kier alpha value is -3.12. The zero-order valence-corrected chi connectivity index (χ0v) is 17.2. The van der Waals surface area contributed by atoms with Gasteiger partial charge >= 0.3 is 11.9 Å². The summed E-state index contributed by atoms with van der Waals surface area (Å²) in [4.78, 5) is 29.0. The van der Waals surface area contributed by atoms with Gasteiger partial charge in [0.2, 0.25) is 0 Å². The number of aryl methyl sites for hydroxylation is 1. The molecule has 1 N–H and O–H groups in total. The van der Waals surface area contributed by atoms with Crippen LogP contribution >= 0.6 is 11.6 Å². The number of carbonyl (C=O) groups excluding carboxylic acids is 2. The van der Waals surface area contributed by atoms with Crippen molar-refractivity contribution in [2.24, 2.45) is 0 Å². The molecule has 2 aromatic carbocycles. The number of esters is 2. The molecule has 0 fully saturated rings. The van der Waals surface area contributed by atoms with Gasteiger partial charge < -0.3 is 14.8 Å². The smallest absolute Gasteiger partial charge is 0.341 e. The molecule has 0 radical (unpaired) electrons. The lowest BCUT2D eigenvalue weighted by Crippen LogP contribution is -2.10. The van der Waals surface area contributed by atoms with Crippen LogP contribution in [0.5, 0.6) is 0 Å². The van der Waals surface area contributed by atoms with Gasteiger partial charge in [0.25, 0.3) is 0 Å². The molecule has 1 heterocycles. The summed E-state index contributed by atoms with van der Waals surface area (Å²) in [5.41, 5.74) is 3.35. The van der Waals surface area contributed by atoms with E-state index in [0.717, 1.165) is 10.9 Å². The monoisotopic (exact) mass is 412 g/mol. The summed E-state index contributed by atoms with van der Waals surface area (Å²) in [6.45, 7) is 5.90. The summed E-state index contributed by atoms with van der Waals surface area (Å²) in [5.74, 6) is -0.900. The molecule has 3 aromatic rings. The molecule has 0 aliphatic heterocycles. The predicted molar refractivity (Wildman–Crippen MR) is 113 cm³/mol. The molecular formula is C22H21ClN2O4. The van der Waals surface area contributed by atoms with Crippen molar-refractivity contribution in [1.29, 1.82) is 0 Å². The third kappa shape index (κ3) is 4.32. The number of carbonyl (C=O) groups is 2. The molecule has 7 heteroatoms. The molecule has 1 aromatic heterocycles. The number of fused-ring (bicyclic) bond motifs is 1. The highest BCUT2D eigenvalue weighted by Crippen LogP contribution is 2.33. The van der Waals surface area contributed by atoms with Crippen LogP contribution in [-0.2, 0) is 9.47 Å². The Labute approximate surface area is 173 Å². The average molecular weight is 413 g/mol. The van der Waals surface area contributed by atoms with Crippen molar-refractivity contribution < 1.29 is 19.1 Å². The van der Waals surface area contributed by atoms with Gasteiger partial charge in [0.1, 0.15) is 5.56 Å². The van der Waals surface area contributed by atoms with Crippen molar-refractivity contribution in [2.75, 3.05) is 18.5 Å². The van der Waals surface area contributed by atoms with Gasteiger partial charge in [-0.25, -0.2) is 9.59 Å². The Kier molecular flexibility index (Phi) is 6.34. The Balaban J connectivity index is 2.13. The zero-order valence-electron chi connectivity index (χ0n) is 16.4. The van der Waals surface area contributed by atoms with Crippen LogP contribution < -0.4 is 5.32 Å². The fourth-order valence-electron chi connectivity index (χ4n) is 2.96. The zero-order chi connectivity index (χ0) is 21.0. The van der Waals surface area contributed by atoms with Crippen molar-refractivity contribution in [2.45, 2.75) is 20.8 Å². The molecule has 0 atom stereocenters. The number of ether oxygens (including phenoxy) is 2. The normalized spacial score (nSPS) is 10.6. The van der Waals surface area contributed by atoms with Gasteiger partial charge in [-0.15, -0.1) is 0 Å². The van der Waals surface area contributed by atoms with Crippen LogP contribution in [0.2, 0.25) is 5.02 Å². The van der Waals surface area contributed by atoms with Crippen molar-refractivity contribution >= 4 is 45.8 Å². The molecule has 0 amide bonds. The van der Waals surface area contributed by atoms with E-state index in [0.29, 0.717) is 39.6 Å². The lowest BCUT2D eigenvalue weighted by atomic mass is 10.1. The van der Waals surface area contributed by atoms with Crippen molar-refractivity contribution in [3.63, 3.8) is 0 Å². The lowest BCUT2D eigenvalue weighted by molar-refractivity contribution is 0.0517. The molecule has 6 nitrogen and oxygen atoms in total. The number of benzene rings is 2. The first-order valence-corrected chi connectivity index (χ1v) is 9.63. The van der Waals surface area contributed by atoms with Crippen LogP contribution in [-0.4, -0.2) is 30.1 Å². The summed E-state index contributed by atoms with van der Waals surface area (Å²) in [6.07, 6.45) is 1.47. The van der Waals surface area contributed by atoms with Gasteiger partial charge in [0.15, 0.2) is 0 Å². The maximum atomic E-state index is 12.5. The summed E-state index contributed by atoms with van der Waals surface area (Å²) >= 11 is 6.23. The molecule has 3 rings (SSSR count). The van der Waals surface area contributed by atoms with Crippen LogP contribution in [0.4, 0.5) is 11.4 Å². The first-order valence-electron chi connectivity index (χ1n) is 9.25. The Morgan fingerprint density at radius 1 is 1.07 bits per heavy atom. The number of hydrogen-bond donors (Lipinski definition) is 1. The van der Waals surface area contributed by atoms with E-state index in [9.17, 15) is 9.59 Å². The lowest BCUT2D eigenvalue weighted by Gasteiger charge is -2.16. The highest BCUT2D eigenvalue weighted by molar-refractivity contribution is 6.32. The first-order chi connectivity index (χ1) is 14.0. The molecule has 0 bridgehead atoms. The summed E-state index contributed by atoms with van der Waals surface area (Å²) < 4.78 is 10.2. The van der Waals surface area contributed by atoms with Gasteiger partial charge in [-0.05, 0) is 56.7 Å². The van der Waals surface area contributed by atoms with Crippen LogP contribution in [0, 0.1) is 6.92 Å². The third-order valence-corrected chi connectivity index (χ3v) is 4.77. The number of halogens is 1. The number of nitrogens with zero attached hydrogens (tertiary/aromatic N) is 1. The molecule has 0 aliphatic carbocycles. The number of anilines is 2. The number of hydrogen-bond acceptors (Lipinski definition) is 6. The third-order valence-electron chi connectivity index (χ3n) is 4.36. The second-order valence-corrected chi connectivity index (χ2v) is 6.67. The fraction of sp³-hybridized carbons (Fsp3) is 0.227. The van der Waals surface area contributed by atoms with Gasteiger partial charge in [0.05, 0.1) is 30.0 Å². The molecule has 150 valence electrons. The van der Waals surface area contributed by atoms with Crippen molar-refractivity contribution in [3.05, 3.63) is 64.3 Å². The Bertz CT molecular complexity index is 1080. The minimum atomic E-state index is -0.487. The van der Waals surface area contributed by atoms with Crippen LogP contribution in [0.3, 0.4) is 0 Å². The SMILES string of the molecule is CCOC(=O)c1cccc(Nc2c(C(=O)OCC)cnc3c(C)c(Cl)ccc23)c1. The molecule has 29 heavy (non-hydrogen) atoms. The van der Waals surface area contributed by atoms with E-state index < -0.39 is 11.9 Å². The number of pyridine rings is 1. The number of rotatable bonds is 6. The fourth-order valence-corrected chi connectivity index (χ4v) is 3.12. The molecular weight excluding hydrogens is 392 g/mol. The van der Waals surface area contributed by atoms with E-state index in [1.807, 2.05) is 6.92 Å². The number of aromatic nitrogens is 1. The molecule has 0 spiro atoms. The van der Waals surface area contributed by atoms with E-state index in [4.69, 9.17) is 21.1 Å². The molecule has 0 saturated carbocycles. The van der Waals surface area contributed by atoms with E-state index in [1.165, 1.54) is 6.20 Å². The standard InChI is InChI=1S/C22H21ClN2O4/c1-4-28-21(26)14-7-6-8-15(11-14)25-20-16-9-10-18(23)13(3)19(16)24-12-17(20)22(27)29-5-2/h6-12H,4-5H2,1-3H3,(H,24,25). The van der Waals surface area contributed by atoms with E-state index in [2.05, 4.69) is 10.3 Å². The number of nitrogens with one attached hydrogen (secondary N) is 1. The maximum Gasteiger partial charge on any atom is 0.341 e. The van der Waals surface area contributed by atoms with Gasteiger partial charge in [0, 0.05) is 22.3 Å². The minimum Gasteiger partial charge on any atom is -0.462 e. The van der Waals surface area contributed by atoms with E-state index in [1.54, 1.807) is 50.2 Å². The molecule has 0 unspecified atom stereocenters. The first kappa shape index (κ1) is 20.6. The summed E-state index contributed by atoms with van der Waals surface area (Å²) in [6, 6.07) is 10.4. The highest BCUT2D eigenvalue weighted by atomic mass is 35.5. The second-order valence-electron chi connectivity index (χ2n) is 6.26. The van der Waals surface area contributed by atoms with Crippen LogP contribution in [0.1, 0.15) is 40.1 Å². The Morgan fingerprint density at radius 3 is 2.52 bits per heavy atom. The topological polar surface area (TPSA) is 77.5 Å². The van der Waals surface area contributed by atoms with E-state index in [-0.39, 0.29) is 6.61 Å². The van der Waals surface area contributed by atoms with E-state index >= 15 is 0 Å². The highest BCUT2D eigenvalue weighted by Gasteiger charge is 2.19. The van der Waals surface area contributed by atoms with Gasteiger partial charge in [-0.2, -0.15) is 0 Å². The summed E-state index contributed by atoms with van der Waals surface area (Å²) in [5, 5.41) is 4.56. The van der Waals surface area contributed by atoms with Crippen LogP contribution in [0.25, 0.3) is 10.9 Å². The van der Waals surface area contributed by atoms with Crippen molar-refractivity contribution in [1.82, 2.24) is 4.98 Å². The maximum absolute atomic E-state index is 12.5. The van der Waals surface area contributed by atoms with Gasteiger partial charge in [-0.1, -0.05) is 17.7 Å². The Morgan fingerprint density at radius 2 is 1.79 bits per heavy atom. The second kappa shape index (κ2) is 8.92. The van der Waals surface area contributed by atoms with Crippen LogP contribution in [0.15, 0.2) is 42.6 Å². The minimum absolute atomic E-state index is 0.244.